The van der Waals surface area contributed by atoms with Crippen LogP contribution in [0, 0.1) is 0 Å². The van der Waals surface area contributed by atoms with Crippen LogP contribution in [0.25, 0.3) is 0 Å². The van der Waals surface area contributed by atoms with E-state index in [1.807, 2.05) is 54.6 Å². The molecule has 4 aromatic rings. The third kappa shape index (κ3) is 8.14. The van der Waals surface area contributed by atoms with Gasteiger partial charge in [-0.25, -0.2) is 4.79 Å². The number of hydrogen-bond acceptors (Lipinski definition) is 6. The highest BCUT2D eigenvalue weighted by Gasteiger charge is 2.21. The molecular formula is C35H37N3O5. The van der Waals surface area contributed by atoms with E-state index in [9.17, 15) is 14.7 Å². The lowest BCUT2D eigenvalue weighted by molar-refractivity contribution is -0.139. The molecule has 1 atom stereocenters. The van der Waals surface area contributed by atoms with E-state index in [0.717, 1.165) is 54.4 Å². The van der Waals surface area contributed by atoms with E-state index in [1.165, 1.54) is 5.69 Å². The third-order valence-electron chi connectivity index (χ3n) is 7.60. The fourth-order valence-corrected chi connectivity index (χ4v) is 5.16. The van der Waals surface area contributed by atoms with Crippen molar-refractivity contribution in [2.24, 2.45) is 0 Å². The highest BCUT2D eigenvalue weighted by atomic mass is 16.5. The van der Waals surface area contributed by atoms with E-state index in [1.54, 1.807) is 19.2 Å². The first kappa shape index (κ1) is 29.7. The molecule has 222 valence electrons. The molecule has 1 fully saturated rings. The van der Waals surface area contributed by atoms with Gasteiger partial charge in [-0.1, -0.05) is 54.6 Å². The van der Waals surface area contributed by atoms with Crippen molar-refractivity contribution in [1.82, 2.24) is 5.32 Å². The van der Waals surface area contributed by atoms with Gasteiger partial charge in [0.25, 0.3) is 5.91 Å². The Morgan fingerprint density at radius 2 is 1.44 bits per heavy atom. The number of aliphatic carboxylic acids is 1. The summed E-state index contributed by atoms with van der Waals surface area (Å²) in [6, 6.07) is 32.3. The average molecular weight is 580 g/mol. The molecule has 43 heavy (non-hydrogen) atoms. The van der Waals surface area contributed by atoms with Crippen LogP contribution in [-0.4, -0.2) is 56.4 Å². The molecule has 0 radical (unpaired) electrons. The van der Waals surface area contributed by atoms with E-state index in [0.29, 0.717) is 18.7 Å². The number of anilines is 2. The van der Waals surface area contributed by atoms with E-state index in [-0.39, 0.29) is 6.42 Å². The zero-order valence-electron chi connectivity index (χ0n) is 24.3. The number of ether oxygens (including phenoxy) is 2. The standard InChI is InChI=1S/C35H37N3O5/c1-42-32-17-9-28(10-18-32)25-38(31-15-13-30(14-16-31)37-19-21-43-22-20-37)24-27-7-11-29(12-8-27)34(39)36-33(35(40)41)23-26-5-3-2-4-6-26/h2-18,33H,19-25H2,1H3,(H,36,39)(H,40,41). The van der Waals surface area contributed by atoms with Crippen molar-refractivity contribution in [3.63, 3.8) is 0 Å². The van der Waals surface area contributed by atoms with E-state index >= 15 is 0 Å². The number of carbonyl (C=O) groups excluding carboxylic acids is 1. The number of nitrogens with one attached hydrogen (secondary N) is 1. The van der Waals surface area contributed by atoms with Crippen molar-refractivity contribution in [2.75, 3.05) is 43.2 Å². The summed E-state index contributed by atoms with van der Waals surface area (Å²) in [5, 5.41) is 12.4. The lowest BCUT2D eigenvalue weighted by atomic mass is 10.0. The quantitative estimate of drug-likeness (QED) is 0.240. The van der Waals surface area contributed by atoms with Crippen molar-refractivity contribution in [3.8, 4) is 5.75 Å². The molecule has 4 aromatic carbocycles. The fraction of sp³-hybridized carbons (Fsp3) is 0.257. The molecule has 1 heterocycles. The Morgan fingerprint density at radius 1 is 0.837 bits per heavy atom. The van der Waals surface area contributed by atoms with Gasteiger partial charge in [0, 0.05) is 49.5 Å². The predicted octanol–water partition coefficient (Wildman–Crippen LogP) is 5.16. The number of nitrogens with zero attached hydrogens (tertiary/aromatic N) is 2. The first-order valence-electron chi connectivity index (χ1n) is 14.5. The molecule has 1 aliphatic heterocycles. The van der Waals surface area contributed by atoms with Gasteiger partial charge in [-0.2, -0.15) is 0 Å². The van der Waals surface area contributed by atoms with Crippen LogP contribution < -0.4 is 19.9 Å². The Kier molecular flexibility index (Phi) is 9.92. The Morgan fingerprint density at radius 3 is 2.02 bits per heavy atom. The zero-order chi connectivity index (χ0) is 30.0. The van der Waals surface area contributed by atoms with Gasteiger partial charge in [-0.3, -0.25) is 4.79 Å². The fourth-order valence-electron chi connectivity index (χ4n) is 5.16. The van der Waals surface area contributed by atoms with Gasteiger partial charge in [0.05, 0.1) is 20.3 Å². The molecule has 8 nitrogen and oxygen atoms in total. The predicted molar refractivity (Wildman–Crippen MR) is 168 cm³/mol. The van der Waals surface area contributed by atoms with Crippen LogP contribution in [0.1, 0.15) is 27.0 Å². The SMILES string of the molecule is COc1ccc(CN(Cc2ccc(C(=O)NC(Cc3ccccc3)C(=O)O)cc2)c2ccc(N3CCOCC3)cc2)cc1. The molecule has 0 saturated carbocycles. The number of carbonyl (C=O) groups is 2. The van der Waals surface area contributed by atoms with Crippen LogP contribution in [0.2, 0.25) is 0 Å². The lowest BCUT2D eigenvalue weighted by Crippen LogP contribution is -2.42. The zero-order valence-corrected chi connectivity index (χ0v) is 24.3. The summed E-state index contributed by atoms with van der Waals surface area (Å²) in [4.78, 5) is 29.4. The van der Waals surface area contributed by atoms with Crippen LogP contribution >= 0.6 is 0 Å². The summed E-state index contributed by atoms with van der Waals surface area (Å²) in [5.74, 6) is -0.667. The molecule has 2 N–H and O–H groups in total. The molecular weight excluding hydrogens is 542 g/mol. The number of hydrogen-bond donors (Lipinski definition) is 2. The summed E-state index contributed by atoms with van der Waals surface area (Å²) in [5.41, 5.74) is 5.70. The molecule has 0 bridgehead atoms. The average Bonchev–Trinajstić information content (AvgIpc) is 3.05. The molecule has 0 aliphatic carbocycles. The van der Waals surface area contributed by atoms with Gasteiger partial charge in [0.2, 0.25) is 0 Å². The Hall–Kier alpha value is -4.82. The summed E-state index contributed by atoms with van der Waals surface area (Å²) >= 11 is 0. The molecule has 1 saturated heterocycles. The lowest BCUT2D eigenvalue weighted by Gasteiger charge is -2.30. The molecule has 1 amide bonds. The second-order valence-corrected chi connectivity index (χ2v) is 10.6. The summed E-state index contributed by atoms with van der Waals surface area (Å²) < 4.78 is 10.8. The first-order valence-corrected chi connectivity index (χ1v) is 14.5. The molecule has 0 spiro atoms. The van der Waals surface area contributed by atoms with Gasteiger partial charge in [0.1, 0.15) is 11.8 Å². The maximum Gasteiger partial charge on any atom is 0.326 e. The number of carboxylic acids is 1. The van der Waals surface area contributed by atoms with E-state index in [2.05, 4.69) is 51.5 Å². The van der Waals surface area contributed by atoms with Crippen molar-refractivity contribution in [1.29, 1.82) is 0 Å². The molecule has 1 aliphatic rings. The van der Waals surface area contributed by atoms with Gasteiger partial charge >= 0.3 is 5.97 Å². The summed E-state index contributed by atoms with van der Waals surface area (Å²) in [7, 11) is 1.66. The minimum atomic E-state index is -1.07. The maximum atomic E-state index is 13.0. The first-order chi connectivity index (χ1) is 21.0. The van der Waals surface area contributed by atoms with Crippen molar-refractivity contribution >= 4 is 23.3 Å². The van der Waals surface area contributed by atoms with Crippen LogP contribution in [-0.2, 0) is 29.0 Å². The largest absolute Gasteiger partial charge is 0.497 e. The van der Waals surface area contributed by atoms with Gasteiger partial charge in [0.15, 0.2) is 0 Å². The van der Waals surface area contributed by atoms with E-state index in [4.69, 9.17) is 9.47 Å². The maximum absolute atomic E-state index is 13.0. The minimum absolute atomic E-state index is 0.213. The monoisotopic (exact) mass is 579 g/mol. The third-order valence-corrected chi connectivity index (χ3v) is 7.60. The Balaban J connectivity index is 1.29. The van der Waals surface area contributed by atoms with Crippen molar-refractivity contribution in [2.45, 2.75) is 25.6 Å². The summed E-state index contributed by atoms with van der Waals surface area (Å²) in [6.45, 7) is 4.55. The van der Waals surface area contributed by atoms with Crippen LogP contribution in [0.5, 0.6) is 5.75 Å². The molecule has 1 unspecified atom stereocenters. The number of amides is 1. The van der Waals surface area contributed by atoms with Crippen molar-refractivity contribution < 1.29 is 24.2 Å². The molecule has 0 aromatic heterocycles. The number of carboxylic acid groups (broad SMARTS) is 1. The summed E-state index contributed by atoms with van der Waals surface area (Å²) in [6.07, 6.45) is 0.213. The highest BCUT2D eigenvalue weighted by Crippen LogP contribution is 2.25. The number of methoxy groups -OCH3 is 1. The van der Waals surface area contributed by atoms with Crippen LogP contribution in [0.15, 0.2) is 103 Å². The number of morpholine rings is 1. The normalized spacial score (nSPS) is 13.7. The van der Waals surface area contributed by atoms with Crippen LogP contribution in [0.3, 0.4) is 0 Å². The number of benzene rings is 4. The Bertz CT molecular complexity index is 1470. The van der Waals surface area contributed by atoms with Crippen molar-refractivity contribution in [3.05, 3.63) is 125 Å². The van der Waals surface area contributed by atoms with Gasteiger partial charge in [-0.05, 0) is 65.2 Å². The molecule has 5 rings (SSSR count). The second kappa shape index (κ2) is 14.4. The second-order valence-electron chi connectivity index (χ2n) is 10.6. The van der Waals surface area contributed by atoms with Gasteiger partial charge < -0.3 is 29.7 Å². The molecule has 8 heteroatoms. The van der Waals surface area contributed by atoms with E-state index < -0.39 is 17.9 Å². The minimum Gasteiger partial charge on any atom is -0.497 e. The Labute approximate surface area is 252 Å². The van der Waals surface area contributed by atoms with Gasteiger partial charge in [-0.15, -0.1) is 0 Å². The highest BCUT2D eigenvalue weighted by molar-refractivity contribution is 5.96. The topological polar surface area (TPSA) is 91.3 Å². The smallest absolute Gasteiger partial charge is 0.326 e. The number of rotatable bonds is 12. The van der Waals surface area contributed by atoms with Crippen LogP contribution in [0.4, 0.5) is 11.4 Å².